The Kier molecular flexibility index (Phi) is 5.74. The summed E-state index contributed by atoms with van der Waals surface area (Å²) in [7, 11) is 0. The van der Waals surface area contributed by atoms with Crippen LogP contribution in [0.15, 0.2) is 46.9 Å². The summed E-state index contributed by atoms with van der Waals surface area (Å²) in [5.41, 5.74) is 0.945. The predicted molar refractivity (Wildman–Crippen MR) is 86.0 cm³/mol. The maximum atomic E-state index is 5.97. The van der Waals surface area contributed by atoms with Gasteiger partial charge in [-0.1, -0.05) is 41.1 Å². The van der Waals surface area contributed by atoms with E-state index in [-0.39, 0.29) is 0 Å². The quantitative estimate of drug-likeness (QED) is 0.612. The van der Waals surface area contributed by atoms with Crippen molar-refractivity contribution in [3.8, 4) is 17.2 Å². The zero-order valence-corrected chi connectivity index (χ0v) is 13.6. The van der Waals surface area contributed by atoms with Crippen LogP contribution in [0.1, 0.15) is 18.9 Å². The molecule has 0 saturated heterocycles. The van der Waals surface area contributed by atoms with Crippen molar-refractivity contribution < 1.29 is 9.47 Å². The molecule has 0 spiro atoms. The molecule has 0 aliphatic heterocycles. The van der Waals surface area contributed by atoms with Crippen LogP contribution in [0.3, 0.4) is 0 Å². The molecule has 0 aromatic heterocycles. The van der Waals surface area contributed by atoms with Crippen molar-refractivity contribution in [2.24, 2.45) is 0 Å². The fraction of sp³-hybridized carbons (Fsp3) is 0.250. The summed E-state index contributed by atoms with van der Waals surface area (Å²) >= 11 is 9.39. The summed E-state index contributed by atoms with van der Waals surface area (Å²) in [6.07, 6.45) is 0.956. The second-order valence-corrected chi connectivity index (χ2v) is 5.47. The number of para-hydroxylation sites is 2. The summed E-state index contributed by atoms with van der Waals surface area (Å²) in [6, 6.07) is 13.5. The molecule has 0 unspecified atom stereocenters. The highest BCUT2D eigenvalue weighted by Gasteiger charge is 2.09. The van der Waals surface area contributed by atoms with E-state index in [1.54, 1.807) is 0 Å². The van der Waals surface area contributed by atoms with Gasteiger partial charge in [0.25, 0.3) is 0 Å². The van der Waals surface area contributed by atoms with Gasteiger partial charge in [-0.25, -0.2) is 0 Å². The minimum atomic E-state index is 0.403. The van der Waals surface area contributed by atoms with Crippen LogP contribution >= 0.6 is 27.5 Å². The van der Waals surface area contributed by atoms with Crippen molar-refractivity contribution in [2.45, 2.75) is 19.2 Å². The number of hydrogen-bond acceptors (Lipinski definition) is 2. The van der Waals surface area contributed by atoms with Crippen LogP contribution in [0, 0.1) is 0 Å². The van der Waals surface area contributed by atoms with E-state index < -0.39 is 0 Å². The number of rotatable bonds is 6. The Morgan fingerprint density at radius 1 is 1.05 bits per heavy atom. The molecule has 2 rings (SSSR count). The van der Waals surface area contributed by atoms with Crippen molar-refractivity contribution >= 4 is 27.5 Å². The first-order valence-electron chi connectivity index (χ1n) is 6.48. The third-order valence-electron chi connectivity index (χ3n) is 2.70. The minimum Gasteiger partial charge on any atom is -0.490 e. The van der Waals surface area contributed by atoms with Gasteiger partial charge in [-0.15, -0.1) is 11.6 Å². The first kappa shape index (κ1) is 15.2. The first-order chi connectivity index (χ1) is 9.74. The fourth-order valence-electron chi connectivity index (χ4n) is 1.72. The van der Waals surface area contributed by atoms with Crippen LogP contribution in [0.2, 0.25) is 0 Å². The second-order valence-electron chi connectivity index (χ2n) is 4.28. The molecule has 0 fully saturated rings. The van der Waals surface area contributed by atoms with E-state index >= 15 is 0 Å². The zero-order chi connectivity index (χ0) is 14.4. The lowest BCUT2D eigenvalue weighted by Gasteiger charge is -2.14. The summed E-state index contributed by atoms with van der Waals surface area (Å²) in [4.78, 5) is 0. The van der Waals surface area contributed by atoms with E-state index in [2.05, 4.69) is 22.9 Å². The molecule has 0 amide bonds. The Bertz CT molecular complexity index is 572. The van der Waals surface area contributed by atoms with E-state index in [9.17, 15) is 0 Å². The number of ether oxygens (including phenoxy) is 2. The lowest BCUT2D eigenvalue weighted by atomic mass is 10.2. The second kappa shape index (κ2) is 7.55. The average molecular weight is 356 g/mol. The van der Waals surface area contributed by atoms with Gasteiger partial charge in [-0.3, -0.25) is 0 Å². The molecule has 0 atom stereocenters. The van der Waals surface area contributed by atoms with E-state index in [1.165, 1.54) is 0 Å². The average Bonchev–Trinajstić information content (AvgIpc) is 2.47. The molecule has 4 heteroatoms. The zero-order valence-electron chi connectivity index (χ0n) is 11.2. The molecule has 2 aromatic rings. The van der Waals surface area contributed by atoms with Gasteiger partial charge in [-0.2, -0.15) is 0 Å². The highest BCUT2D eigenvalue weighted by atomic mass is 79.9. The molecular formula is C16H16BrClO2. The number of benzene rings is 2. The Labute approximate surface area is 132 Å². The van der Waals surface area contributed by atoms with Crippen molar-refractivity contribution in [1.29, 1.82) is 0 Å². The van der Waals surface area contributed by atoms with Crippen LogP contribution in [0.25, 0.3) is 0 Å². The van der Waals surface area contributed by atoms with Crippen molar-refractivity contribution in [1.82, 2.24) is 0 Å². The standard InChI is InChI=1S/C16H16BrClO2/c1-2-9-19-14-5-3-4-6-15(14)20-16-10-13(17)8-7-12(16)11-18/h3-8,10H,2,9,11H2,1H3. The summed E-state index contributed by atoms with van der Waals surface area (Å²) < 4.78 is 12.6. The Hall–Kier alpha value is -1.19. The largest absolute Gasteiger partial charge is 0.490 e. The van der Waals surface area contributed by atoms with Crippen LogP contribution in [-0.2, 0) is 5.88 Å². The van der Waals surface area contributed by atoms with E-state index in [0.717, 1.165) is 28.0 Å². The van der Waals surface area contributed by atoms with Gasteiger partial charge in [0, 0.05) is 10.0 Å². The van der Waals surface area contributed by atoms with Gasteiger partial charge in [0.1, 0.15) is 5.75 Å². The predicted octanol–water partition coefficient (Wildman–Crippen LogP) is 5.77. The highest BCUT2D eigenvalue weighted by molar-refractivity contribution is 9.10. The molecule has 106 valence electrons. The van der Waals surface area contributed by atoms with Crippen LogP contribution in [0.5, 0.6) is 17.2 Å². The Balaban J connectivity index is 2.27. The van der Waals surface area contributed by atoms with E-state index in [4.69, 9.17) is 21.1 Å². The van der Waals surface area contributed by atoms with Gasteiger partial charge >= 0.3 is 0 Å². The van der Waals surface area contributed by atoms with Gasteiger partial charge in [0.15, 0.2) is 11.5 Å². The lowest BCUT2D eigenvalue weighted by Crippen LogP contribution is -1.98. The molecule has 0 aliphatic carbocycles. The molecule has 0 radical (unpaired) electrons. The Morgan fingerprint density at radius 2 is 1.80 bits per heavy atom. The summed E-state index contributed by atoms with van der Waals surface area (Å²) in [5.74, 6) is 2.59. The van der Waals surface area contributed by atoms with Crippen molar-refractivity contribution in [2.75, 3.05) is 6.61 Å². The maximum Gasteiger partial charge on any atom is 0.169 e. The van der Waals surface area contributed by atoms with E-state index in [0.29, 0.717) is 18.2 Å². The van der Waals surface area contributed by atoms with Crippen molar-refractivity contribution in [3.63, 3.8) is 0 Å². The number of alkyl halides is 1. The van der Waals surface area contributed by atoms with Gasteiger partial charge in [0.2, 0.25) is 0 Å². The van der Waals surface area contributed by atoms with Crippen LogP contribution in [0.4, 0.5) is 0 Å². The molecule has 0 bridgehead atoms. The molecule has 20 heavy (non-hydrogen) atoms. The molecule has 2 aromatic carbocycles. The maximum absolute atomic E-state index is 5.97. The smallest absolute Gasteiger partial charge is 0.169 e. The lowest BCUT2D eigenvalue weighted by molar-refractivity contribution is 0.302. The minimum absolute atomic E-state index is 0.403. The SMILES string of the molecule is CCCOc1ccccc1Oc1cc(Br)ccc1CCl. The van der Waals surface area contributed by atoms with Gasteiger partial charge in [-0.05, 0) is 30.7 Å². The third-order valence-corrected chi connectivity index (χ3v) is 3.49. The third kappa shape index (κ3) is 3.90. The highest BCUT2D eigenvalue weighted by Crippen LogP contribution is 2.35. The monoisotopic (exact) mass is 354 g/mol. The van der Waals surface area contributed by atoms with Gasteiger partial charge in [0.05, 0.1) is 12.5 Å². The van der Waals surface area contributed by atoms with Crippen molar-refractivity contribution in [3.05, 3.63) is 52.5 Å². The fourth-order valence-corrected chi connectivity index (χ4v) is 2.28. The van der Waals surface area contributed by atoms with Gasteiger partial charge < -0.3 is 9.47 Å². The number of halogens is 2. The summed E-state index contributed by atoms with van der Waals surface area (Å²) in [5, 5.41) is 0. The first-order valence-corrected chi connectivity index (χ1v) is 7.81. The van der Waals surface area contributed by atoms with Crippen LogP contribution in [-0.4, -0.2) is 6.61 Å². The number of hydrogen-bond donors (Lipinski definition) is 0. The molecule has 0 saturated carbocycles. The molecule has 0 aliphatic rings. The topological polar surface area (TPSA) is 18.5 Å². The molecular weight excluding hydrogens is 340 g/mol. The Morgan fingerprint density at radius 3 is 2.50 bits per heavy atom. The van der Waals surface area contributed by atoms with Crippen LogP contribution < -0.4 is 9.47 Å². The molecule has 2 nitrogen and oxygen atoms in total. The normalized spacial score (nSPS) is 10.3. The molecule has 0 N–H and O–H groups in total. The van der Waals surface area contributed by atoms with E-state index in [1.807, 2.05) is 42.5 Å². The summed E-state index contributed by atoms with van der Waals surface area (Å²) in [6.45, 7) is 2.74. The molecule has 0 heterocycles.